The summed E-state index contributed by atoms with van der Waals surface area (Å²) in [5.74, 6) is 1.55. The van der Waals surface area contributed by atoms with E-state index in [0.717, 1.165) is 41.1 Å². The molecule has 0 radical (unpaired) electrons. The molecule has 0 bridgehead atoms. The quantitative estimate of drug-likeness (QED) is 0.404. The molecule has 2 aromatic carbocycles. The van der Waals surface area contributed by atoms with Gasteiger partial charge in [0.1, 0.15) is 0 Å². The van der Waals surface area contributed by atoms with Crippen molar-refractivity contribution in [2.24, 2.45) is 5.92 Å². The molecule has 3 heterocycles. The normalized spacial score (nSPS) is 17.6. The zero-order valence-electron chi connectivity index (χ0n) is 16.9. The van der Waals surface area contributed by atoms with E-state index in [1.807, 2.05) is 47.3 Å². The lowest BCUT2D eigenvalue weighted by Crippen LogP contribution is -2.36. The second kappa shape index (κ2) is 8.02. The highest BCUT2D eigenvalue weighted by Gasteiger charge is 2.21. The van der Waals surface area contributed by atoms with Crippen molar-refractivity contribution in [2.45, 2.75) is 26.4 Å². The standard InChI is InChI=1S/C23H24ClN5S/c1-16-5-4-12-27(14-16)15-28-23(30)29(18-10-8-17(24)9-11-18)22(26-28)20-13-25-21-7-3-2-6-19(20)21/h2-3,6-11,13,16,25H,4-5,12,14-15H2,1H3/t16-/m0/s1. The first-order chi connectivity index (χ1) is 14.6. The zero-order chi connectivity index (χ0) is 20.7. The van der Waals surface area contributed by atoms with E-state index in [-0.39, 0.29) is 0 Å². The number of nitrogens with zero attached hydrogens (tertiary/aromatic N) is 4. The monoisotopic (exact) mass is 437 g/mol. The summed E-state index contributed by atoms with van der Waals surface area (Å²) in [6, 6.07) is 16.0. The first-order valence-corrected chi connectivity index (χ1v) is 11.1. The molecule has 5 rings (SSSR count). The predicted octanol–water partition coefficient (Wildman–Crippen LogP) is 5.89. The van der Waals surface area contributed by atoms with Crippen LogP contribution in [0.3, 0.4) is 0 Å². The van der Waals surface area contributed by atoms with Crippen LogP contribution in [0.15, 0.2) is 54.7 Å². The van der Waals surface area contributed by atoms with Crippen molar-refractivity contribution in [3.8, 4) is 17.1 Å². The van der Waals surface area contributed by atoms with Gasteiger partial charge in [-0.3, -0.25) is 9.47 Å². The number of benzene rings is 2. The number of aromatic nitrogens is 4. The predicted molar refractivity (Wildman–Crippen MR) is 125 cm³/mol. The molecule has 30 heavy (non-hydrogen) atoms. The van der Waals surface area contributed by atoms with Crippen molar-refractivity contribution in [1.29, 1.82) is 0 Å². The number of likely N-dealkylation sites (tertiary alicyclic amines) is 1. The Kier molecular flexibility index (Phi) is 5.23. The van der Waals surface area contributed by atoms with Crippen LogP contribution in [0.1, 0.15) is 19.8 Å². The van der Waals surface area contributed by atoms with E-state index in [4.69, 9.17) is 28.9 Å². The Labute approximate surface area is 185 Å². The number of hydrogen-bond donors (Lipinski definition) is 1. The van der Waals surface area contributed by atoms with Crippen molar-refractivity contribution in [2.75, 3.05) is 13.1 Å². The molecule has 1 saturated heterocycles. The number of para-hydroxylation sites is 1. The number of piperidine rings is 1. The number of H-pyrrole nitrogens is 1. The van der Waals surface area contributed by atoms with Gasteiger partial charge in [0, 0.05) is 34.2 Å². The van der Waals surface area contributed by atoms with E-state index in [9.17, 15) is 0 Å². The minimum absolute atomic E-state index is 0.691. The van der Waals surface area contributed by atoms with Crippen molar-refractivity contribution < 1.29 is 0 Å². The summed E-state index contributed by atoms with van der Waals surface area (Å²) in [6.45, 7) is 5.19. The first-order valence-electron chi connectivity index (χ1n) is 10.3. The Bertz CT molecular complexity index is 1240. The molecule has 0 spiro atoms. The summed E-state index contributed by atoms with van der Waals surface area (Å²) in [7, 11) is 0. The van der Waals surface area contributed by atoms with Gasteiger partial charge in [-0.25, -0.2) is 4.68 Å². The number of hydrogen-bond acceptors (Lipinski definition) is 3. The molecule has 154 valence electrons. The molecule has 0 aliphatic carbocycles. The molecule has 0 unspecified atom stereocenters. The number of aromatic amines is 1. The highest BCUT2D eigenvalue weighted by molar-refractivity contribution is 7.71. The minimum atomic E-state index is 0.691. The highest BCUT2D eigenvalue weighted by atomic mass is 35.5. The second-order valence-corrected chi connectivity index (χ2v) is 8.93. The summed E-state index contributed by atoms with van der Waals surface area (Å²) >= 11 is 12.1. The molecule has 1 N–H and O–H groups in total. The van der Waals surface area contributed by atoms with Gasteiger partial charge >= 0.3 is 0 Å². The van der Waals surface area contributed by atoms with Gasteiger partial charge in [-0.1, -0.05) is 36.7 Å². The number of fused-ring (bicyclic) bond motifs is 1. The smallest absolute Gasteiger partial charge is 0.204 e. The van der Waals surface area contributed by atoms with Gasteiger partial charge in [-0.05, 0) is 67.9 Å². The first kappa shape index (κ1) is 19.5. The van der Waals surface area contributed by atoms with E-state index < -0.39 is 0 Å². The Morgan fingerprint density at radius 2 is 1.97 bits per heavy atom. The SMILES string of the molecule is C[C@H]1CCCN(Cn2nc(-c3c[nH]c4ccccc34)n(-c3ccc(Cl)cc3)c2=S)C1. The third-order valence-electron chi connectivity index (χ3n) is 5.83. The Morgan fingerprint density at radius 1 is 1.17 bits per heavy atom. The van der Waals surface area contributed by atoms with Crippen LogP contribution in [0.2, 0.25) is 5.02 Å². The van der Waals surface area contributed by atoms with Gasteiger partial charge < -0.3 is 4.98 Å². The van der Waals surface area contributed by atoms with Gasteiger partial charge in [0.25, 0.3) is 0 Å². The average Bonchev–Trinajstić information content (AvgIpc) is 3.30. The third kappa shape index (κ3) is 3.60. The lowest BCUT2D eigenvalue weighted by Gasteiger charge is -2.30. The van der Waals surface area contributed by atoms with E-state index >= 15 is 0 Å². The minimum Gasteiger partial charge on any atom is -0.360 e. The van der Waals surface area contributed by atoms with Crippen LogP contribution in [0.5, 0.6) is 0 Å². The van der Waals surface area contributed by atoms with Gasteiger partial charge in [-0.2, -0.15) is 0 Å². The maximum atomic E-state index is 6.14. The van der Waals surface area contributed by atoms with E-state index in [1.165, 1.54) is 12.8 Å². The summed E-state index contributed by atoms with van der Waals surface area (Å²) in [5.41, 5.74) is 3.08. The molecule has 0 amide bonds. The van der Waals surface area contributed by atoms with Gasteiger partial charge in [0.2, 0.25) is 4.77 Å². The summed E-state index contributed by atoms with van der Waals surface area (Å²) in [5, 5.41) is 6.83. The molecule has 1 aliphatic heterocycles. The van der Waals surface area contributed by atoms with Crippen LogP contribution >= 0.6 is 23.8 Å². The van der Waals surface area contributed by atoms with Crippen molar-refractivity contribution >= 4 is 34.7 Å². The maximum Gasteiger partial charge on any atom is 0.204 e. The lowest BCUT2D eigenvalue weighted by molar-refractivity contribution is 0.138. The fraction of sp³-hybridized carbons (Fsp3) is 0.304. The van der Waals surface area contributed by atoms with E-state index in [2.05, 4.69) is 33.5 Å². The third-order valence-corrected chi connectivity index (χ3v) is 6.47. The number of rotatable bonds is 4. The molecule has 2 aromatic heterocycles. The van der Waals surface area contributed by atoms with Crippen LogP contribution in [-0.2, 0) is 6.67 Å². The molecule has 4 aromatic rings. The van der Waals surface area contributed by atoms with Crippen LogP contribution < -0.4 is 0 Å². The maximum absolute atomic E-state index is 6.14. The van der Waals surface area contributed by atoms with Gasteiger partial charge in [0.05, 0.1) is 12.4 Å². The van der Waals surface area contributed by atoms with Crippen LogP contribution in [0, 0.1) is 10.7 Å². The van der Waals surface area contributed by atoms with Crippen LogP contribution in [-0.4, -0.2) is 37.3 Å². The largest absolute Gasteiger partial charge is 0.360 e. The van der Waals surface area contributed by atoms with Crippen molar-refractivity contribution in [1.82, 2.24) is 24.2 Å². The van der Waals surface area contributed by atoms with Gasteiger partial charge in [-0.15, -0.1) is 5.10 Å². The second-order valence-electron chi connectivity index (χ2n) is 8.13. The molecule has 1 fully saturated rings. The Hall–Kier alpha value is -2.41. The molecule has 0 saturated carbocycles. The number of halogens is 1. The van der Waals surface area contributed by atoms with Crippen LogP contribution in [0.25, 0.3) is 28.0 Å². The molecule has 7 heteroatoms. The fourth-order valence-electron chi connectivity index (χ4n) is 4.36. The average molecular weight is 438 g/mol. The summed E-state index contributed by atoms with van der Waals surface area (Å²) in [4.78, 5) is 5.81. The highest BCUT2D eigenvalue weighted by Crippen LogP contribution is 2.30. The molecule has 1 atom stereocenters. The molecular weight excluding hydrogens is 414 g/mol. The fourth-order valence-corrected chi connectivity index (χ4v) is 4.77. The number of nitrogens with one attached hydrogen (secondary N) is 1. The topological polar surface area (TPSA) is 41.8 Å². The van der Waals surface area contributed by atoms with Crippen molar-refractivity contribution in [3.63, 3.8) is 0 Å². The Balaban J connectivity index is 1.64. The summed E-state index contributed by atoms with van der Waals surface area (Å²) < 4.78 is 4.70. The lowest BCUT2D eigenvalue weighted by atomic mass is 10.0. The van der Waals surface area contributed by atoms with Crippen LogP contribution in [0.4, 0.5) is 0 Å². The molecular formula is C23H24ClN5S. The molecule has 5 nitrogen and oxygen atoms in total. The molecule has 1 aliphatic rings. The van der Waals surface area contributed by atoms with Gasteiger partial charge in [0.15, 0.2) is 5.82 Å². The summed E-state index contributed by atoms with van der Waals surface area (Å²) in [6.07, 6.45) is 4.53. The van der Waals surface area contributed by atoms with Crippen molar-refractivity contribution in [3.05, 3.63) is 64.5 Å². The Morgan fingerprint density at radius 3 is 2.77 bits per heavy atom. The zero-order valence-corrected chi connectivity index (χ0v) is 18.5. The van der Waals surface area contributed by atoms with E-state index in [1.54, 1.807) is 0 Å². The van der Waals surface area contributed by atoms with E-state index in [0.29, 0.717) is 22.4 Å².